The molecule has 1 aliphatic heterocycles. The molecule has 2 aliphatic rings. The summed E-state index contributed by atoms with van der Waals surface area (Å²) in [5.41, 5.74) is 6.28. The average molecular weight is 894 g/mol. The second-order valence-corrected chi connectivity index (χ2v) is 20.3. The van der Waals surface area contributed by atoms with Crippen molar-refractivity contribution < 1.29 is 37.1 Å². The number of fused-ring (bicyclic) bond motifs is 3. The quantitative estimate of drug-likeness (QED) is 0.0486. The van der Waals surface area contributed by atoms with Gasteiger partial charge >= 0.3 is 0 Å². The number of rotatable bonds is 12. The lowest BCUT2D eigenvalue weighted by Crippen LogP contribution is -2.39. The molecule has 0 radical (unpaired) electrons. The molecule has 6 rings (SSSR count). The summed E-state index contributed by atoms with van der Waals surface area (Å²) in [5, 5.41) is 22.4. The van der Waals surface area contributed by atoms with Crippen molar-refractivity contribution in [1.29, 1.82) is 0 Å². The molecule has 1 amide bonds. The monoisotopic (exact) mass is 892 g/mol. The molecule has 1 fully saturated rings. The number of hydrogen-bond donors (Lipinski definition) is 3. The molecule has 10 nitrogen and oxygen atoms in total. The molecule has 2 atom stereocenters. The van der Waals surface area contributed by atoms with Crippen molar-refractivity contribution in [3.05, 3.63) is 132 Å². The van der Waals surface area contributed by atoms with Crippen molar-refractivity contribution in [3.63, 3.8) is 0 Å². The van der Waals surface area contributed by atoms with Gasteiger partial charge in [-0.3, -0.25) is 13.9 Å². The Bertz CT molecular complexity index is 2030. The highest BCUT2D eigenvalue weighted by Gasteiger charge is 2.46. The molecule has 4 aromatic rings. The maximum absolute atomic E-state index is 10.6. The first-order valence-corrected chi connectivity index (χ1v) is 23.4. The molecular weight excluding hydrogens is 824 g/mol. The van der Waals surface area contributed by atoms with E-state index in [1.165, 1.54) is 41.4 Å². The molecule has 1 saturated heterocycles. The summed E-state index contributed by atoms with van der Waals surface area (Å²) in [6.45, 7) is 25.9. The highest BCUT2D eigenvalue weighted by molar-refractivity contribution is 7.86. The van der Waals surface area contributed by atoms with Crippen LogP contribution in [0.15, 0.2) is 110 Å². The predicted molar refractivity (Wildman–Crippen MR) is 253 cm³/mol. The number of halogens is 1. The van der Waals surface area contributed by atoms with Crippen LogP contribution in [0.2, 0.25) is 0 Å². The fourth-order valence-electron chi connectivity index (χ4n) is 6.77. The molecule has 62 heavy (non-hydrogen) atoms. The number of aliphatic hydroxyl groups is 2. The Morgan fingerprint density at radius 2 is 1.19 bits per heavy atom. The van der Waals surface area contributed by atoms with Crippen LogP contribution in [0.1, 0.15) is 97.9 Å². The summed E-state index contributed by atoms with van der Waals surface area (Å²) >= 11 is 5.71. The van der Waals surface area contributed by atoms with Crippen LogP contribution < -0.4 is 14.8 Å². The molecule has 0 bridgehead atoms. The van der Waals surface area contributed by atoms with Gasteiger partial charge in [0.15, 0.2) is 0 Å². The van der Waals surface area contributed by atoms with Crippen LogP contribution >= 0.6 is 11.6 Å². The van der Waals surface area contributed by atoms with E-state index in [1.807, 2.05) is 52.0 Å². The fraction of sp³-hybridized carbons (Fsp3) is 0.460. The number of hydrogen-bond acceptors (Lipinski definition) is 9. The van der Waals surface area contributed by atoms with Gasteiger partial charge in [0.2, 0.25) is 5.91 Å². The molecular formula is C50H69ClN2O8S. The Hall–Kier alpha value is -4.23. The lowest BCUT2D eigenvalue weighted by molar-refractivity contribution is -0.117. The first kappa shape index (κ1) is 52.1. The van der Waals surface area contributed by atoms with E-state index in [4.69, 9.17) is 21.1 Å². The summed E-state index contributed by atoms with van der Waals surface area (Å²) in [6, 6.07) is 33.4. The first-order chi connectivity index (χ1) is 28.8. The summed E-state index contributed by atoms with van der Waals surface area (Å²) in [6.07, 6.45) is 1.77. The number of alkyl halides is 1. The van der Waals surface area contributed by atoms with Gasteiger partial charge in [0.1, 0.15) is 30.8 Å². The van der Waals surface area contributed by atoms with E-state index < -0.39 is 33.3 Å². The molecule has 1 aliphatic carbocycles. The third kappa shape index (κ3) is 16.2. The van der Waals surface area contributed by atoms with Crippen LogP contribution in [0.5, 0.6) is 11.5 Å². The second-order valence-electron chi connectivity index (χ2n) is 18.4. The van der Waals surface area contributed by atoms with Crippen molar-refractivity contribution in [2.75, 3.05) is 38.4 Å². The Balaban J connectivity index is 0.000000331. The van der Waals surface area contributed by atoms with Gasteiger partial charge in [-0.05, 0) is 132 Å². The number of nitrogens with zero attached hydrogens (tertiary/aromatic N) is 1. The highest BCUT2D eigenvalue weighted by atomic mass is 35.5. The Morgan fingerprint density at radius 1 is 0.774 bits per heavy atom. The SMILES string of the molecule is C=CC(=O)NC(C)(C)C.CC(C)(C)N1CC1.CC(C)(C)OS(C)(=O)=O.CCC(O)COc1ccc(C2(c3ccc(OCC(O)CCl)cc3)c3ccccc3-c3ccccc32)cc1. The number of carbonyl (C=O) groups is 1. The van der Waals surface area contributed by atoms with Crippen molar-refractivity contribution in [2.24, 2.45) is 0 Å². The molecule has 0 spiro atoms. The minimum atomic E-state index is -3.28. The molecule has 12 heteroatoms. The van der Waals surface area contributed by atoms with Gasteiger partial charge in [0.25, 0.3) is 10.1 Å². The number of aliphatic hydroxyl groups excluding tert-OH is 2. The van der Waals surface area contributed by atoms with Gasteiger partial charge in [-0.25, -0.2) is 0 Å². The van der Waals surface area contributed by atoms with Crippen molar-refractivity contribution >= 4 is 27.6 Å². The van der Waals surface area contributed by atoms with E-state index >= 15 is 0 Å². The Kier molecular flexibility index (Phi) is 18.8. The van der Waals surface area contributed by atoms with E-state index in [0.29, 0.717) is 17.7 Å². The van der Waals surface area contributed by atoms with Crippen LogP contribution in [0.25, 0.3) is 11.1 Å². The standard InChI is InChI=1S/C32H31ClO4.C7H13NO.C6H13N.C5H12O3S/c1-2-24(34)20-36-26-15-11-22(12-16-26)32(23-13-17-27(18-14-23)37-21-25(35)19-33)30-9-5-3-7-28(30)29-8-4-6-10-31(29)32;1-5-6(9)8-7(2,3)4;1-6(2,3)7-4-5-7;1-5(2,3)8-9(4,6)7/h3-18,24-25,34-35H,2,19-21H2,1H3;5H,1H2,2-4H3,(H,8,9);4-5H2,1-3H3;1-4H3. The molecule has 1 heterocycles. The molecule has 3 N–H and O–H groups in total. The topological polar surface area (TPSA) is 134 Å². The van der Waals surface area contributed by atoms with Gasteiger partial charge < -0.3 is 25.0 Å². The zero-order valence-electron chi connectivity index (χ0n) is 38.5. The minimum absolute atomic E-state index is 0.123. The fourth-order valence-corrected chi connectivity index (χ4v) is 7.77. The number of benzene rings is 4. The molecule has 340 valence electrons. The smallest absolute Gasteiger partial charge is 0.264 e. The van der Waals surface area contributed by atoms with Crippen LogP contribution in [-0.4, -0.2) is 96.8 Å². The molecule has 4 aromatic carbocycles. The summed E-state index contributed by atoms with van der Waals surface area (Å²) < 4.78 is 37.0. The first-order valence-electron chi connectivity index (χ1n) is 21.0. The zero-order valence-corrected chi connectivity index (χ0v) is 40.1. The number of ether oxygens (including phenoxy) is 2. The number of carbonyl (C=O) groups excluding carboxylic acids is 1. The summed E-state index contributed by atoms with van der Waals surface area (Å²) in [5.74, 6) is 1.42. The Morgan fingerprint density at radius 3 is 1.47 bits per heavy atom. The predicted octanol–water partition coefficient (Wildman–Crippen LogP) is 9.13. The average Bonchev–Trinajstić information content (AvgIpc) is 4.02. The third-order valence-corrected chi connectivity index (χ3v) is 10.7. The largest absolute Gasteiger partial charge is 0.491 e. The molecule has 0 saturated carbocycles. The van der Waals surface area contributed by atoms with Crippen molar-refractivity contribution in [1.82, 2.24) is 10.2 Å². The van der Waals surface area contributed by atoms with Crippen LogP contribution in [0, 0.1) is 0 Å². The van der Waals surface area contributed by atoms with Gasteiger partial charge in [0.05, 0.1) is 29.3 Å². The maximum atomic E-state index is 10.6. The van der Waals surface area contributed by atoms with E-state index in [2.05, 4.69) is 115 Å². The lowest BCUT2D eigenvalue weighted by atomic mass is 9.68. The summed E-state index contributed by atoms with van der Waals surface area (Å²) in [7, 11) is -3.28. The van der Waals surface area contributed by atoms with Crippen LogP contribution in [0.4, 0.5) is 0 Å². The van der Waals surface area contributed by atoms with Gasteiger partial charge in [-0.1, -0.05) is 86.3 Å². The van der Waals surface area contributed by atoms with E-state index in [9.17, 15) is 23.4 Å². The van der Waals surface area contributed by atoms with Crippen LogP contribution in [0.3, 0.4) is 0 Å². The Labute approximate surface area is 376 Å². The number of nitrogens with one attached hydrogen (secondary N) is 1. The zero-order chi connectivity index (χ0) is 46.5. The second kappa shape index (κ2) is 22.4. The highest BCUT2D eigenvalue weighted by Crippen LogP contribution is 2.56. The minimum Gasteiger partial charge on any atom is -0.491 e. The summed E-state index contributed by atoms with van der Waals surface area (Å²) in [4.78, 5) is 13.0. The van der Waals surface area contributed by atoms with Crippen molar-refractivity contribution in [3.8, 4) is 22.6 Å². The molecule has 0 aromatic heterocycles. The van der Waals surface area contributed by atoms with Crippen molar-refractivity contribution in [2.45, 2.75) is 110 Å². The van der Waals surface area contributed by atoms with Gasteiger partial charge in [-0.2, -0.15) is 8.42 Å². The number of amides is 1. The molecule has 2 unspecified atom stereocenters. The van der Waals surface area contributed by atoms with Crippen LogP contribution in [-0.2, 0) is 24.5 Å². The maximum Gasteiger partial charge on any atom is 0.264 e. The van der Waals surface area contributed by atoms with Gasteiger partial charge in [-0.15, -0.1) is 11.6 Å². The van der Waals surface area contributed by atoms with E-state index in [-0.39, 0.29) is 30.5 Å². The lowest BCUT2D eigenvalue weighted by Gasteiger charge is -2.34. The third-order valence-electron chi connectivity index (χ3n) is 9.54. The normalized spacial score (nSPS) is 15.0. The van der Waals surface area contributed by atoms with Gasteiger partial charge in [0, 0.05) is 24.2 Å². The van der Waals surface area contributed by atoms with E-state index in [0.717, 1.165) is 23.1 Å². The van der Waals surface area contributed by atoms with E-state index in [1.54, 1.807) is 20.8 Å².